The molecule has 0 aromatic heterocycles. The Kier molecular flexibility index (Phi) is 4.26. The van der Waals surface area contributed by atoms with Gasteiger partial charge in [-0.1, -0.05) is 6.92 Å². The maximum absolute atomic E-state index is 12.5. The number of aliphatic hydroxyl groups excluding tert-OH is 1. The largest absolute Gasteiger partial charge is 0.509 e. The third kappa shape index (κ3) is 3.60. The molecule has 64 valence electrons. The Balaban J connectivity index is 3.95. The van der Waals surface area contributed by atoms with Crippen molar-refractivity contribution in [3.05, 3.63) is 11.6 Å². The smallest absolute Gasteiger partial charge is 0.283 e. The lowest BCUT2D eigenvalue weighted by Crippen LogP contribution is -2.24. The number of halogens is 1. The molecule has 4 heteroatoms. The molecular formula is C7H12FNO2. The van der Waals surface area contributed by atoms with Gasteiger partial charge in [0.05, 0.1) is 0 Å². The van der Waals surface area contributed by atoms with Crippen molar-refractivity contribution < 1.29 is 14.3 Å². The maximum atomic E-state index is 12.5. The molecule has 0 saturated carbocycles. The molecule has 0 spiro atoms. The van der Waals surface area contributed by atoms with Gasteiger partial charge in [-0.2, -0.15) is 4.39 Å². The van der Waals surface area contributed by atoms with Gasteiger partial charge in [-0.3, -0.25) is 4.79 Å². The van der Waals surface area contributed by atoms with Crippen LogP contribution < -0.4 is 5.32 Å². The summed E-state index contributed by atoms with van der Waals surface area (Å²) < 4.78 is 12.5. The minimum atomic E-state index is -1.11. The van der Waals surface area contributed by atoms with Gasteiger partial charge >= 0.3 is 0 Å². The molecule has 0 unspecified atom stereocenters. The second kappa shape index (κ2) is 4.71. The molecule has 0 atom stereocenters. The summed E-state index contributed by atoms with van der Waals surface area (Å²) in [5, 5.41) is 10.8. The zero-order chi connectivity index (χ0) is 8.85. The van der Waals surface area contributed by atoms with Crippen LogP contribution in [0, 0.1) is 0 Å². The number of nitrogens with one attached hydrogen (secondary N) is 1. The van der Waals surface area contributed by atoms with Gasteiger partial charge in [-0.15, -0.1) is 0 Å². The van der Waals surface area contributed by atoms with Crippen LogP contribution in [-0.4, -0.2) is 17.6 Å². The van der Waals surface area contributed by atoms with Crippen LogP contribution in [0.3, 0.4) is 0 Å². The number of rotatable bonds is 3. The third-order valence-corrected chi connectivity index (χ3v) is 1.05. The molecular weight excluding hydrogens is 149 g/mol. The van der Waals surface area contributed by atoms with E-state index < -0.39 is 17.5 Å². The fourth-order valence-corrected chi connectivity index (χ4v) is 0.480. The topological polar surface area (TPSA) is 49.3 Å². The van der Waals surface area contributed by atoms with Crippen LogP contribution >= 0.6 is 0 Å². The van der Waals surface area contributed by atoms with Crippen molar-refractivity contribution in [3.8, 4) is 0 Å². The molecule has 0 rings (SSSR count). The Labute approximate surface area is 64.9 Å². The fourth-order valence-electron chi connectivity index (χ4n) is 0.480. The quantitative estimate of drug-likeness (QED) is 0.483. The molecule has 2 N–H and O–H groups in total. The minimum absolute atomic E-state index is 0.416. The molecule has 0 radical (unpaired) electrons. The average Bonchev–Trinajstić information content (AvgIpc) is 1.98. The molecule has 0 fully saturated rings. The first-order valence-corrected chi connectivity index (χ1v) is 3.43. The maximum Gasteiger partial charge on any atom is 0.283 e. The standard InChI is InChI=1S/C7H12FNO2/c1-3-4-9-7(11)6(8)5(2)10/h10H,3-4H2,1-2H3,(H,9,11)/b6-5+. The van der Waals surface area contributed by atoms with Crippen LogP contribution in [0.5, 0.6) is 0 Å². The van der Waals surface area contributed by atoms with Crippen molar-refractivity contribution in [3.63, 3.8) is 0 Å². The molecule has 11 heavy (non-hydrogen) atoms. The van der Waals surface area contributed by atoms with E-state index in [0.717, 1.165) is 13.3 Å². The number of aliphatic hydroxyl groups is 1. The zero-order valence-electron chi connectivity index (χ0n) is 6.65. The molecule has 0 aliphatic heterocycles. The van der Waals surface area contributed by atoms with E-state index in [9.17, 15) is 9.18 Å². The number of allylic oxidation sites excluding steroid dienone is 1. The summed E-state index contributed by atoms with van der Waals surface area (Å²) in [6, 6.07) is 0. The first-order chi connectivity index (χ1) is 5.09. The third-order valence-electron chi connectivity index (χ3n) is 1.05. The summed E-state index contributed by atoms with van der Waals surface area (Å²) in [5.74, 6) is -2.55. The van der Waals surface area contributed by atoms with Crippen LogP contribution in [0.4, 0.5) is 4.39 Å². The summed E-state index contributed by atoms with van der Waals surface area (Å²) in [7, 11) is 0. The Bertz CT molecular complexity index is 173. The normalized spacial score (nSPS) is 12.3. The van der Waals surface area contributed by atoms with Crippen LogP contribution in [0.2, 0.25) is 0 Å². The highest BCUT2D eigenvalue weighted by Gasteiger charge is 2.10. The monoisotopic (exact) mass is 161 g/mol. The summed E-state index contributed by atoms with van der Waals surface area (Å²) in [5.41, 5.74) is 0. The summed E-state index contributed by atoms with van der Waals surface area (Å²) >= 11 is 0. The SMILES string of the molecule is CCCNC(=O)/C(F)=C(/C)O. The van der Waals surface area contributed by atoms with E-state index in [1.54, 1.807) is 0 Å². The van der Waals surface area contributed by atoms with Crippen LogP contribution in [0.1, 0.15) is 20.3 Å². The van der Waals surface area contributed by atoms with Crippen molar-refractivity contribution >= 4 is 5.91 Å². The Morgan fingerprint density at radius 1 is 1.64 bits per heavy atom. The zero-order valence-corrected chi connectivity index (χ0v) is 6.65. The van der Waals surface area contributed by atoms with Gasteiger partial charge in [0, 0.05) is 6.54 Å². The lowest BCUT2D eigenvalue weighted by Gasteiger charge is -2.00. The van der Waals surface area contributed by atoms with E-state index in [1.165, 1.54) is 0 Å². The number of hydrogen-bond donors (Lipinski definition) is 2. The second-order valence-corrected chi connectivity index (χ2v) is 2.16. The van der Waals surface area contributed by atoms with E-state index in [0.29, 0.717) is 6.54 Å². The molecule has 0 heterocycles. The molecule has 0 aliphatic carbocycles. The van der Waals surface area contributed by atoms with Gasteiger partial charge in [0.25, 0.3) is 5.91 Å². The van der Waals surface area contributed by atoms with E-state index in [1.807, 2.05) is 6.92 Å². The number of hydrogen-bond acceptors (Lipinski definition) is 2. The van der Waals surface area contributed by atoms with E-state index in [2.05, 4.69) is 5.32 Å². The lowest BCUT2D eigenvalue weighted by atomic mass is 10.4. The van der Waals surface area contributed by atoms with Gasteiger partial charge in [0.2, 0.25) is 5.83 Å². The van der Waals surface area contributed by atoms with Crippen molar-refractivity contribution in [1.29, 1.82) is 0 Å². The first kappa shape index (κ1) is 9.94. The highest BCUT2D eigenvalue weighted by molar-refractivity contribution is 5.91. The van der Waals surface area contributed by atoms with Crippen LogP contribution in [0.25, 0.3) is 0 Å². The van der Waals surface area contributed by atoms with Crippen LogP contribution in [-0.2, 0) is 4.79 Å². The molecule has 0 bridgehead atoms. The summed E-state index contributed by atoms with van der Waals surface area (Å²) in [4.78, 5) is 10.6. The average molecular weight is 161 g/mol. The fraction of sp³-hybridized carbons (Fsp3) is 0.571. The Hall–Kier alpha value is -1.06. The van der Waals surface area contributed by atoms with E-state index >= 15 is 0 Å². The Morgan fingerprint density at radius 2 is 2.18 bits per heavy atom. The second-order valence-electron chi connectivity index (χ2n) is 2.16. The summed E-state index contributed by atoms with van der Waals surface area (Å²) in [6.07, 6.45) is 0.740. The number of amides is 1. The summed E-state index contributed by atoms with van der Waals surface area (Å²) in [6.45, 7) is 3.40. The van der Waals surface area contributed by atoms with E-state index in [-0.39, 0.29) is 0 Å². The highest BCUT2D eigenvalue weighted by atomic mass is 19.1. The minimum Gasteiger partial charge on any atom is -0.509 e. The predicted octanol–water partition coefficient (Wildman–Crippen LogP) is 1.27. The molecule has 1 amide bonds. The first-order valence-electron chi connectivity index (χ1n) is 3.43. The molecule has 0 saturated heterocycles. The Morgan fingerprint density at radius 3 is 2.55 bits per heavy atom. The van der Waals surface area contributed by atoms with Crippen molar-refractivity contribution in [1.82, 2.24) is 5.32 Å². The van der Waals surface area contributed by atoms with Gasteiger partial charge in [0.1, 0.15) is 5.76 Å². The molecule has 0 aromatic rings. The number of carbonyl (C=O) groups excluding carboxylic acids is 1. The van der Waals surface area contributed by atoms with Gasteiger partial charge < -0.3 is 10.4 Å². The van der Waals surface area contributed by atoms with Crippen molar-refractivity contribution in [2.75, 3.05) is 6.54 Å². The molecule has 3 nitrogen and oxygen atoms in total. The van der Waals surface area contributed by atoms with Gasteiger partial charge in [-0.25, -0.2) is 0 Å². The van der Waals surface area contributed by atoms with Gasteiger partial charge in [0.15, 0.2) is 0 Å². The molecule has 0 aliphatic rings. The highest BCUT2D eigenvalue weighted by Crippen LogP contribution is 2.01. The van der Waals surface area contributed by atoms with Crippen molar-refractivity contribution in [2.45, 2.75) is 20.3 Å². The number of carbonyl (C=O) groups is 1. The van der Waals surface area contributed by atoms with E-state index in [4.69, 9.17) is 5.11 Å². The molecule has 0 aromatic carbocycles. The van der Waals surface area contributed by atoms with Crippen LogP contribution in [0.15, 0.2) is 11.6 Å². The lowest BCUT2D eigenvalue weighted by molar-refractivity contribution is -0.119. The predicted molar refractivity (Wildman–Crippen MR) is 39.7 cm³/mol. The van der Waals surface area contributed by atoms with Crippen molar-refractivity contribution in [2.24, 2.45) is 0 Å². The van der Waals surface area contributed by atoms with Gasteiger partial charge in [-0.05, 0) is 13.3 Å².